The smallest absolute Gasteiger partial charge is 0.186 e. The molecule has 1 aliphatic carbocycles. The van der Waals surface area contributed by atoms with Crippen LogP contribution in [0, 0.1) is 5.41 Å². The largest absolute Gasteiger partial charge is 0.348 e. The quantitative estimate of drug-likeness (QED) is 0.784. The minimum Gasteiger partial charge on any atom is -0.348 e. The third-order valence-corrected chi connectivity index (χ3v) is 5.19. The average molecular weight is 264 g/mol. The van der Waals surface area contributed by atoms with Gasteiger partial charge in [0.25, 0.3) is 0 Å². The van der Waals surface area contributed by atoms with Crippen molar-refractivity contribution in [2.24, 2.45) is 5.41 Å². The summed E-state index contributed by atoms with van der Waals surface area (Å²) < 4.78 is 0. The number of thiazole rings is 1. The van der Waals surface area contributed by atoms with E-state index in [0.717, 1.165) is 35.1 Å². The normalized spacial score (nSPS) is 23.1. The molecule has 4 heteroatoms. The molecule has 0 aromatic carbocycles. The van der Waals surface area contributed by atoms with Crippen molar-refractivity contribution in [3.63, 3.8) is 0 Å². The van der Waals surface area contributed by atoms with E-state index in [1.54, 1.807) is 11.3 Å². The monoisotopic (exact) mass is 264 g/mol. The Morgan fingerprint density at radius 3 is 2.56 bits per heavy atom. The molecular formula is C14H20N2OS. The van der Waals surface area contributed by atoms with Crippen molar-refractivity contribution in [1.29, 1.82) is 0 Å². The SMILES string of the molecule is CC1(C)CCN(c2nc(C3CC3)c(C=O)s2)CC1. The molecule has 2 aliphatic rings. The zero-order chi connectivity index (χ0) is 12.8. The van der Waals surface area contributed by atoms with Crippen molar-refractivity contribution in [1.82, 2.24) is 4.98 Å². The highest BCUT2D eigenvalue weighted by molar-refractivity contribution is 7.17. The summed E-state index contributed by atoms with van der Waals surface area (Å²) in [4.78, 5) is 19.1. The summed E-state index contributed by atoms with van der Waals surface area (Å²) in [6.07, 6.45) is 5.82. The first kappa shape index (κ1) is 12.2. The van der Waals surface area contributed by atoms with E-state index in [1.165, 1.54) is 25.7 Å². The Labute approximate surface area is 112 Å². The number of rotatable bonds is 3. The van der Waals surface area contributed by atoms with Crippen LogP contribution in [-0.2, 0) is 0 Å². The fraction of sp³-hybridized carbons (Fsp3) is 0.714. The van der Waals surface area contributed by atoms with Crippen LogP contribution >= 0.6 is 11.3 Å². The maximum atomic E-state index is 11.1. The lowest BCUT2D eigenvalue weighted by Gasteiger charge is -2.36. The summed E-state index contributed by atoms with van der Waals surface area (Å²) in [6.45, 7) is 6.81. The summed E-state index contributed by atoms with van der Waals surface area (Å²) in [7, 11) is 0. The number of hydrogen-bond acceptors (Lipinski definition) is 4. The predicted octanol–water partition coefficient (Wildman–Crippen LogP) is 3.46. The number of anilines is 1. The van der Waals surface area contributed by atoms with Crippen LogP contribution in [0.5, 0.6) is 0 Å². The second-order valence-electron chi connectivity index (χ2n) is 6.29. The molecule has 3 rings (SSSR count). The van der Waals surface area contributed by atoms with Gasteiger partial charge in [0.15, 0.2) is 11.4 Å². The van der Waals surface area contributed by atoms with Crippen LogP contribution in [-0.4, -0.2) is 24.4 Å². The Morgan fingerprint density at radius 2 is 2.00 bits per heavy atom. The van der Waals surface area contributed by atoms with E-state index in [0.29, 0.717) is 11.3 Å². The van der Waals surface area contributed by atoms with Gasteiger partial charge in [-0.1, -0.05) is 25.2 Å². The molecule has 3 nitrogen and oxygen atoms in total. The molecule has 0 bridgehead atoms. The van der Waals surface area contributed by atoms with E-state index in [4.69, 9.17) is 4.98 Å². The van der Waals surface area contributed by atoms with Gasteiger partial charge in [0, 0.05) is 19.0 Å². The molecule has 2 fully saturated rings. The minimum absolute atomic E-state index is 0.459. The Balaban J connectivity index is 1.78. The van der Waals surface area contributed by atoms with Gasteiger partial charge in [-0.15, -0.1) is 0 Å². The summed E-state index contributed by atoms with van der Waals surface area (Å²) >= 11 is 1.58. The number of aldehydes is 1. The number of piperidine rings is 1. The van der Waals surface area contributed by atoms with Gasteiger partial charge in [-0.25, -0.2) is 4.98 Å². The molecule has 0 N–H and O–H groups in total. The van der Waals surface area contributed by atoms with Gasteiger partial charge in [-0.2, -0.15) is 0 Å². The minimum atomic E-state index is 0.459. The zero-order valence-corrected chi connectivity index (χ0v) is 11.9. The summed E-state index contributed by atoms with van der Waals surface area (Å²) in [5, 5.41) is 1.06. The highest BCUT2D eigenvalue weighted by Gasteiger charge is 2.32. The third-order valence-electron chi connectivity index (χ3n) is 4.13. The highest BCUT2D eigenvalue weighted by atomic mass is 32.1. The van der Waals surface area contributed by atoms with Gasteiger partial charge in [-0.05, 0) is 31.1 Å². The lowest BCUT2D eigenvalue weighted by Crippen LogP contribution is -2.37. The first-order valence-electron chi connectivity index (χ1n) is 6.80. The molecule has 1 aromatic rings. The predicted molar refractivity (Wildman–Crippen MR) is 74.7 cm³/mol. The molecular weight excluding hydrogens is 244 g/mol. The fourth-order valence-electron chi connectivity index (χ4n) is 2.50. The van der Waals surface area contributed by atoms with Crippen LogP contribution in [0.2, 0.25) is 0 Å². The zero-order valence-electron chi connectivity index (χ0n) is 11.1. The van der Waals surface area contributed by atoms with Gasteiger partial charge in [0.2, 0.25) is 0 Å². The second-order valence-corrected chi connectivity index (χ2v) is 7.30. The lowest BCUT2D eigenvalue weighted by atomic mass is 9.83. The van der Waals surface area contributed by atoms with E-state index in [-0.39, 0.29) is 0 Å². The number of nitrogens with zero attached hydrogens (tertiary/aromatic N) is 2. The van der Waals surface area contributed by atoms with Crippen molar-refractivity contribution in [2.45, 2.75) is 45.4 Å². The molecule has 98 valence electrons. The topological polar surface area (TPSA) is 33.2 Å². The van der Waals surface area contributed by atoms with E-state index in [9.17, 15) is 4.79 Å². The molecule has 0 unspecified atom stereocenters. The number of carbonyl (C=O) groups is 1. The van der Waals surface area contributed by atoms with E-state index in [2.05, 4.69) is 18.7 Å². The number of hydrogen-bond donors (Lipinski definition) is 0. The summed E-state index contributed by atoms with van der Waals surface area (Å²) in [5.74, 6) is 0.566. The van der Waals surface area contributed by atoms with Gasteiger partial charge in [0.1, 0.15) is 0 Å². The summed E-state index contributed by atoms with van der Waals surface area (Å²) in [6, 6.07) is 0. The van der Waals surface area contributed by atoms with Crippen molar-refractivity contribution in [3.05, 3.63) is 10.6 Å². The van der Waals surface area contributed by atoms with Crippen LogP contribution in [0.3, 0.4) is 0 Å². The van der Waals surface area contributed by atoms with Gasteiger partial charge in [-0.3, -0.25) is 4.79 Å². The van der Waals surface area contributed by atoms with Crippen LogP contribution in [0.1, 0.15) is 60.8 Å². The molecule has 1 saturated carbocycles. The fourth-order valence-corrected chi connectivity index (χ4v) is 3.52. The van der Waals surface area contributed by atoms with Crippen LogP contribution in [0.25, 0.3) is 0 Å². The first-order valence-corrected chi connectivity index (χ1v) is 7.61. The molecule has 2 heterocycles. The van der Waals surface area contributed by atoms with E-state index < -0.39 is 0 Å². The standard InChI is InChI=1S/C14H20N2OS/c1-14(2)5-7-16(8-6-14)13-15-12(10-3-4-10)11(9-17)18-13/h9-10H,3-8H2,1-2H3. The molecule has 0 amide bonds. The van der Waals surface area contributed by atoms with Gasteiger partial charge < -0.3 is 4.90 Å². The molecule has 1 aromatic heterocycles. The Bertz CT molecular complexity index is 452. The maximum absolute atomic E-state index is 11.1. The maximum Gasteiger partial charge on any atom is 0.186 e. The molecule has 0 radical (unpaired) electrons. The number of aromatic nitrogens is 1. The van der Waals surface area contributed by atoms with Crippen LogP contribution < -0.4 is 4.90 Å². The molecule has 0 atom stereocenters. The first-order chi connectivity index (χ1) is 8.59. The Morgan fingerprint density at radius 1 is 1.33 bits per heavy atom. The molecule has 0 spiro atoms. The van der Waals surface area contributed by atoms with Gasteiger partial charge in [0.05, 0.1) is 10.6 Å². The van der Waals surface area contributed by atoms with E-state index >= 15 is 0 Å². The Hall–Kier alpha value is -0.900. The van der Waals surface area contributed by atoms with Crippen molar-refractivity contribution >= 4 is 22.8 Å². The second kappa shape index (κ2) is 4.34. The molecule has 1 saturated heterocycles. The van der Waals surface area contributed by atoms with Crippen molar-refractivity contribution in [2.75, 3.05) is 18.0 Å². The Kier molecular flexibility index (Phi) is 2.93. The van der Waals surface area contributed by atoms with Crippen molar-refractivity contribution in [3.8, 4) is 0 Å². The third kappa shape index (κ3) is 2.30. The number of carbonyl (C=O) groups excluding carboxylic acids is 1. The van der Waals surface area contributed by atoms with Crippen LogP contribution in [0.4, 0.5) is 5.13 Å². The van der Waals surface area contributed by atoms with Crippen LogP contribution in [0.15, 0.2) is 0 Å². The molecule has 18 heavy (non-hydrogen) atoms. The average Bonchev–Trinajstić information content (AvgIpc) is 3.09. The highest BCUT2D eigenvalue weighted by Crippen LogP contribution is 2.44. The molecule has 1 aliphatic heterocycles. The summed E-state index contributed by atoms with van der Waals surface area (Å²) in [5.41, 5.74) is 1.52. The van der Waals surface area contributed by atoms with Gasteiger partial charge >= 0.3 is 0 Å². The lowest BCUT2D eigenvalue weighted by molar-refractivity contribution is 0.112. The van der Waals surface area contributed by atoms with Crippen molar-refractivity contribution < 1.29 is 4.79 Å². The van der Waals surface area contributed by atoms with E-state index in [1.807, 2.05) is 0 Å².